The van der Waals surface area contributed by atoms with E-state index in [1.807, 2.05) is 14.0 Å². The Kier molecular flexibility index (Phi) is 5.08. The molecule has 3 atom stereocenters. The zero-order chi connectivity index (χ0) is 16.4. The van der Waals surface area contributed by atoms with Crippen LogP contribution in [0.3, 0.4) is 0 Å². The summed E-state index contributed by atoms with van der Waals surface area (Å²) in [6.45, 7) is 3.72. The Bertz CT molecular complexity index is 416. The minimum absolute atomic E-state index is 0.0662. The number of urea groups is 1. The van der Waals surface area contributed by atoms with E-state index in [0.29, 0.717) is 26.4 Å². The lowest BCUT2D eigenvalue weighted by atomic mass is 9.94. The molecule has 3 N–H and O–H groups in total. The lowest BCUT2D eigenvalue weighted by Gasteiger charge is -2.36. The zero-order valence-electron chi connectivity index (χ0n) is 12.1. The molecule has 0 radical (unpaired) electrons. The number of amides is 2. The number of nitrogens with one attached hydrogen (secondary N) is 2. The Balaban J connectivity index is 2.70. The summed E-state index contributed by atoms with van der Waals surface area (Å²) in [5, 5.41) is 12.7. The number of carboxylic acid groups (broad SMARTS) is 1. The first-order valence-corrected chi connectivity index (χ1v) is 6.54. The Morgan fingerprint density at radius 3 is 2.33 bits per heavy atom. The molecule has 1 rings (SSSR count). The largest absolute Gasteiger partial charge is 0.479 e. The van der Waals surface area contributed by atoms with Crippen LogP contribution in [0.4, 0.5) is 18.0 Å². The van der Waals surface area contributed by atoms with E-state index >= 15 is 0 Å². The second kappa shape index (κ2) is 6.08. The first kappa shape index (κ1) is 17.5. The van der Waals surface area contributed by atoms with E-state index in [1.165, 1.54) is 5.32 Å². The van der Waals surface area contributed by atoms with Crippen molar-refractivity contribution in [3.05, 3.63) is 0 Å². The maximum atomic E-state index is 12.8. The molecular formula is C12H20F3N3O3. The van der Waals surface area contributed by atoms with Crippen LogP contribution in [-0.4, -0.2) is 59.9 Å². The molecular weight excluding hydrogens is 291 g/mol. The standard InChI is InChI=1S/C12H20F3N3O3/c1-7-6-18(3)5-4-8(7)16-10(21)17-11(2,9(19)20)12(13,14)15/h7-8H,4-6H2,1-3H3,(H,19,20)(H2,16,17,21). The van der Waals surface area contributed by atoms with Crippen molar-refractivity contribution in [2.75, 3.05) is 20.1 Å². The van der Waals surface area contributed by atoms with Crippen molar-refractivity contribution in [2.24, 2.45) is 5.92 Å². The molecule has 1 saturated heterocycles. The minimum Gasteiger partial charge on any atom is -0.479 e. The molecule has 1 aliphatic rings. The molecule has 0 aromatic carbocycles. The predicted molar refractivity (Wildman–Crippen MR) is 68.8 cm³/mol. The van der Waals surface area contributed by atoms with Gasteiger partial charge in [-0.25, -0.2) is 9.59 Å². The number of alkyl halides is 3. The smallest absolute Gasteiger partial charge is 0.422 e. The van der Waals surface area contributed by atoms with Crippen LogP contribution in [0.2, 0.25) is 0 Å². The summed E-state index contributed by atoms with van der Waals surface area (Å²) in [7, 11) is 1.91. The molecule has 0 saturated carbocycles. The van der Waals surface area contributed by atoms with Crippen LogP contribution in [0.25, 0.3) is 0 Å². The number of rotatable bonds is 3. The summed E-state index contributed by atoms with van der Waals surface area (Å²) in [6.07, 6.45) is -4.49. The molecule has 9 heteroatoms. The van der Waals surface area contributed by atoms with Crippen molar-refractivity contribution in [3.8, 4) is 0 Å². The van der Waals surface area contributed by atoms with Crippen LogP contribution in [-0.2, 0) is 4.79 Å². The SMILES string of the molecule is CC1CN(C)CCC1NC(=O)NC(C)(C(=O)O)C(F)(F)F. The van der Waals surface area contributed by atoms with Gasteiger partial charge >= 0.3 is 18.2 Å². The molecule has 6 nitrogen and oxygen atoms in total. The fraction of sp³-hybridized carbons (Fsp3) is 0.833. The highest BCUT2D eigenvalue weighted by molar-refractivity contribution is 5.86. The van der Waals surface area contributed by atoms with Crippen molar-refractivity contribution in [1.82, 2.24) is 15.5 Å². The van der Waals surface area contributed by atoms with Gasteiger partial charge in [0.1, 0.15) is 0 Å². The third kappa shape index (κ3) is 3.99. The number of hydrogen-bond acceptors (Lipinski definition) is 3. The van der Waals surface area contributed by atoms with Gasteiger partial charge in [-0.1, -0.05) is 6.92 Å². The van der Waals surface area contributed by atoms with Gasteiger partial charge in [-0.3, -0.25) is 0 Å². The number of halogens is 3. The van der Waals surface area contributed by atoms with Gasteiger partial charge in [0.15, 0.2) is 0 Å². The molecule has 0 aromatic rings. The Morgan fingerprint density at radius 1 is 1.33 bits per heavy atom. The average molecular weight is 311 g/mol. The predicted octanol–water partition coefficient (Wildman–Crippen LogP) is 1.03. The first-order chi connectivity index (χ1) is 9.47. The molecule has 1 aliphatic heterocycles. The fourth-order valence-electron chi connectivity index (χ4n) is 2.25. The lowest BCUT2D eigenvalue weighted by molar-refractivity contribution is -0.203. The molecule has 0 aliphatic carbocycles. The normalized spacial score (nSPS) is 26.8. The van der Waals surface area contributed by atoms with E-state index < -0.39 is 23.7 Å². The molecule has 3 unspecified atom stereocenters. The first-order valence-electron chi connectivity index (χ1n) is 6.54. The van der Waals surface area contributed by atoms with Crippen LogP contribution in [0.15, 0.2) is 0 Å². The summed E-state index contributed by atoms with van der Waals surface area (Å²) >= 11 is 0. The summed E-state index contributed by atoms with van der Waals surface area (Å²) < 4.78 is 38.4. The highest BCUT2D eigenvalue weighted by atomic mass is 19.4. The number of aliphatic carboxylic acids is 1. The minimum atomic E-state index is -5.09. The fourth-order valence-corrected chi connectivity index (χ4v) is 2.25. The van der Waals surface area contributed by atoms with Gasteiger partial charge in [0.25, 0.3) is 0 Å². The third-order valence-electron chi connectivity index (χ3n) is 3.78. The quantitative estimate of drug-likeness (QED) is 0.727. The van der Waals surface area contributed by atoms with Crippen molar-refractivity contribution in [3.63, 3.8) is 0 Å². The number of carboxylic acids is 1. The highest BCUT2D eigenvalue weighted by Crippen LogP contribution is 2.30. The molecule has 0 spiro atoms. The number of piperidine rings is 1. The molecule has 21 heavy (non-hydrogen) atoms. The van der Waals surface area contributed by atoms with E-state index in [0.717, 1.165) is 0 Å². The van der Waals surface area contributed by atoms with Crippen molar-refractivity contribution < 1.29 is 27.9 Å². The van der Waals surface area contributed by atoms with Crippen LogP contribution in [0.1, 0.15) is 20.3 Å². The van der Waals surface area contributed by atoms with Gasteiger partial charge < -0.3 is 20.6 Å². The highest BCUT2D eigenvalue weighted by Gasteiger charge is 2.58. The molecule has 1 fully saturated rings. The second-order valence-electron chi connectivity index (χ2n) is 5.66. The Morgan fingerprint density at radius 2 is 1.90 bits per heavy atom. The summed E-state index contributed by atoms with van der Waals surface area (Å²) in [5.41, 5.74) is -3.31. The molecule has 2 amide bonds. The molecule has 0 aromatic heterocycles. The van der Waals surface area contributed by atoms with Gasteiger partial charge in [-0.05, 0) is 32.9 Å². The lowest BCUT2D eigenvalue weighted by Crippen LogP contribution is -2.65. The molecule has 122 valence electrons. The van der Waals surface area contributed by atoms with Gasteiger partial charge in [0.05, 0.1) is 0 Å². The Hall–Kier alpha value is -1.51. The summed E-state index contributed by atoms with van der Waals surface area (Å²) in [6, 6.07) is -1.41. The second-order valence-corrected chi connectivity index (χ2v) is 5.66. The van der Waals surface area contributed by atoms with Crippen LogP contribution in [0.5, 0.6) is 0 Å². The average Bonchev–Trinajstić information content (AvgIpc) is 2.31. The number of carbonyl (C=O) groups excluding carboxylic acids is 1. The van der Waals surface area contributed by atoms with Crippen LogP contribution in [0, 0.1) is 5.92 Å². The van der Waals surface area contributed by atoms with Gasteiger partial charge in [-0.2, -0.15) is 13.2 Å². The van der Waals surface area contributed by atoms with E-state index in [2.05, 4.69) is 10.2 Å². The molecule has 1 heterocycles. The summed E-state index contributed by atoms with van der Waals surface area (Å²) in [5.74, 6) is -2.09. The third-order valence-corrected chi connectivity index (χ3v) is 3.78. The van der Waals surface area contributed by atoms with Crippen molar-refractivity contribution >= 4 is 12.0 Å². The van der Waals surface area contributed by atoms with Gasteiger partial charge in [0, 0.05) is 12.6 Å². The van der Waals surface area contributed by atoms with Crippen molar-refractivity contribution in [1.29, 1.82) is 0 Å². The number of carbonyl (C=O) groups is 2. The number of hydrogen-bond donors (Lipinski definition) is 3. The Labute approximate surface area is 120 Å². The van der Waals surface area contributed by atoms with Gasteiger partial charge in [0.2, 0.25) is 5.54 Å². The number of likely N-dealkylation sites (tertiary alicyclic amines) is 1. The maximum absolute atomic E-state index is 12.8. The number of nitrogens with zero attached hydrogens (tertiary/aromatic N) is 1. The van der Waals surface area contributed by atoms with E-state index in [-0.39, 0.29) is 12.0 Å². The van der Waals surface area contributed by atoms with E-state index in [4.69, 9.17) is 5.11 Å². The summed E-state index contributed by atoms with van der Waals surface area (Å²) in [4.78, 5) is 24.6. The monoisotopic (exact) mass is 311 g/mol. The molecule has 0 bridgehead atoms. The van der Waals surface area contributed by atoms with Crippen LogP contribution >= 0.6 is 0 Å². The zero-order valence-corrected chi connectivity index (χ0v) is 12.1. The van der Waals surface area contributed by atoms with Crippen LogP contribution < -0.4 is 10.6 Å². The topological polar surface area (TPSA) is 81.7 Å². The van der Waals surface area contributed by atoms with E-state index in [9.17, 15) is 22.8 Å². The van der Waals surface area contributed by atoms with E-state index in [1.54, 1.807) is 0 Å². The van der Waals surface area contributed by atoms with Crippen molar-refractivity contribution in [2.45, 2.75) is 38.0 Å². The van der Waals surface area contributed by atoms with Gasteiger partial charge in [-0.15, -0.1) is 0 Å². The maximum Gasteiger partial charge on any atom is 0.422 e.